The summed E-state index contributed by atoms with van der Waals surface area (Å²) in [7, 11) is -3.67. The molecule has 4 rings (SSSR count). The van der Waals surface area contributed by atoms with Crippen molar-refractivity contribution in [3.8, 4) is 11.5 Å². The van der Waals surface area contributed by atoms with E-state index in [-0.39, 0.29) is 18.2 Å². The van der Waals surface area contributed by atoms with Gasteiger partial charge in [0.15, 0.2) is 11.5 Å². The van der Waals surface area contributed by atoms with Crippen LogP contribution >= 0.6 is 11.6 Å². The van der Waals surface area contributed by atoms with Crippen molar-refractivity contribution in [3.63, 3.8) is 0 Å². The van der Waals surface area contributed by atoms with Crippen LogP contribution in [0.4, 0.5) is 11.4 Å². The van der Waals surface area contributed by atoms with Crippen molar-refractivity contribution in [2.24, 2.45) is 0 Å². The third kappa shape index (κ3) is 4.88. The Labute approximate surface area is 193 Å². The molecule has 0 spiro atoms. The van der Waals surface area contributed by atoms with Crippen LogP contribution in [0.5, 0.6) is 11.5 Å². The number of sulfonamides is 1. The van der Waals surface area contributed by atoms with Crippen LogP contribution in [0.1, 0.15) is 6.92 Å². The molecule has 172 valence electrons. The van der Waals surface area contributed by atoms with Crippen LogP contribution in [0.2, 0.25) is 5.02 Å². The Morgan fingerprint density at radius 1 is 1.03 bits per heavy atom. The fraction of sp³-hybridized carbons (Fsp3) is 0.409. The molecule has 0 radical (unpaired) electrons. The van der Waals surface area contributed by atoms with Gasteiger partial charge in [-0.25, -0.2) is 8.42 Å². The maximum Gasteiger partial charge on any atom is 0.243 e. The predicted molar refractivity (Wildman–Crippen MR) is 124 cm³/mol. The Balaban J connectivity index is 1.47. The molecular formula is C22H26ClN3O5S. The molecule has 1 fully saturated rings. The van der Waals surface area contributed by atoms with E-state index in [1.807, 2.05) is 24.3 Å². The predicted octanol–water partition coefficient (Wildman–Crippen LogP) is 2.62. The highest BCUT2D eigenvalue weighted by molar-refractivity contribution is 7.92. The average molecular weight is 480 g/mol. The topological polar surface area (TPSA) is 79.4 Å². The molecule has 32 heavy (non-hydrogen) atoms. The average Bonchev–Trinajstić information content (AvgIpc) is 2.82. The molecule has 2 heterocycles. The van der Waals surface area contributed by atoms with Gasteiger partial charge in [0.1, 0.15) is 19.8 Å². The summed E-state index contributed by atoms with van der Waals surface area (Å²) in [5, 5.41) is 0.667. The van der Waals surface area contributed by atoms with Crippen molar-refractivity contribution in [1.29, 1.82) is 0 Å². The molecule has 1 amide bonds. The first kappa shape index (κ1) is 22.5. The molecular weight excluding hydrogens is 454 g/mol. The molecule has 0 N–H and O–H groups in total. The molecule has 2 aliphatic rings. The van der Waals surface area contributed by atoms with Gasteiger partial charge in [-0.1, -0.05) is 17.7 Å². The number of rotatable bonds is 6. The molecule has 0 aliphatic carbocycles. The van der Waals surface area contributed by atoms with Crippen molar-refractivity contribution in [3.05, 3.63) is 47.5 Å². The van der Waals surface area contributed by atoms with E-state index >= 15 is 0 Å². The van der Waals surface area contributed by atoms with Gasteiger partial charge in [0.05, 0.1) is 11.4 Å². The maximum absolute atomic E-state index is 13.1. The molecule has 10 heteroatoms. The van der Waals surface area contributed by atoms with Gasteiger partial charge >= 0.3 is 0 Å². The Kier molecular flexibility index (Phi) is 6.66. The minimum Gasteiger partial charge on any atom is -0.486 e. The van der Waals surface area contributed by atoms with E-state index in [0.717, 1.165) is 9.99 Å². The first-order chi connectivity index (χ1) is 15.4. The van der Waals surface area contributed by atoms with E-state index in [4.69, 9.17) is 21.1 Å². The fourth-order valence-electron chi connectivity index (χ4n) is 3.80. The zero-order valence-corrected chi connectivity index (χ0v) is 19.4. The Hall–Kier alpha value is -2.65. The lowest BCUT2D eigenvalue weighted by molar-refractivity contribution is -0.129. The van der Waals surface area contributed by atoms with Crippen LogP contribution in [0.25, 0.3) is 0 Å². The molecule has 1 saturated heterocycles. The third-order valence-corrected chi connectivity index (χ3v) is 7.58. The highest BCUT2D eigenvalue weighted by Crippen LogP contribution is 2.35. The molecule has 0 aromatic heterocycles. The van der Waals surface area contributed by atoms with Gasteiger partial charge < -0.3 is 19.3 Å². The lowest BCUT2D eigenvalue weighted by Crippen LogP contribution is -2.52. The standard InChI is InChI=1S/C22H26ClN3O5S/c1-2-32(28,29)26(19-6-7-20-21(15-19)31-13-12-30-20)16-22(27)25-10-8-24(9-11-25)18-5-3-4-17(23)14-18/h3-7,14-15H,2,8-13,16H2,1H3. The van der Waals surface area contributed by atoms with Crippen molar-refractivity contribution < 1.29 is 22.7 Å². The highest BCUT2D eigenvalue weighted by atomic mass is 35.5. The number of amides is 1. The van der Waals surface area contributed by atoms with Crippen LogP contribution in [0, 0.1) is 0 Å². The molecule has 0 bridgehead atoms. The van der Waals surface area contributed by atoms with E-state index in [1.165, 1.54) is 0 Å². The van der Waals surface area contributed by atoms with E-state index in [1.54, 1.807) is 30.0 Å². The van der Waals surface area contributed by atoms with Gasteiger partial charge in [-0.2, -0.15) is 0 Å². The first-order valence-corrected chi connectivity index (χ1v) is 12.5. The summed E-state index contributed by atoms with van der Waals surface area (Å²) in [6, 6.07) is 12.5. The van der Waals surface area contributed by atoms with Gasteiger partial charge in [0.25, 0.3) is 0 Å². The second-order valence-corrected chi connectivity index (χ2v) is 10.2. The normalized spacial score (nSPS) is 16.1. The SMILES string of the molecule is CCS(=O)(=O)N(CC(=O)N1CCN(c2cccc(Cl)c2)CC1)c1ccc2c(c1)OCCO2. The van der Waals surface area contributed by atoms with E-state index in [2.05, 4.69) is 4.90 Å². The zero-order chi connectivity index (χ0) is 22.7. The Bertz CT molecular complexity index is 1090. The van der Waals surface area contributed by atoms with Crippen molar-refractivity contribution in [2.45, 2.75) is 6.92 Å². The number of fused-ring (bicyclic) bond motifs is 1. The molecule has 8 nitrogen and oxygen atoms in total. The Morgan fingerprint density at radius 2 is 1.75 bits per heavy atom. The third-order valence-electron chi connectivity index (χ3n) is 5.60. The van der Waals surface area contributed by atoms with E-state index in [9.17, 15) is 13.2 Å². The molecule has 2 aromatic rings. The van der Waals surface area contributed by atoms with Crippen LogP contribution in [-0.4, -0.2) is 70.9 Å². The summed E-state index contributed by atoms with van der Waals surface area (Å²) < 4.78 is 37.9. The van der Waals surface area contributed by atoms with Crippen LogP contribution in [0.3, 0.4) is 0 Å². The summed E-state index contributed by atoms with van der Waals surface area (Å²) >= 11 is 6.09. The molecule has 0 atom stereocenters. The quantitative estimate of drug-likeness (QED) is 0.633. The summed E-state index contributed by atoms with van der Waals surface area (Å²) in [6.45, 7) is 4.46. The maximum atomic E-state index is 13.1. The number of halogens is 1. The van der Waals surface area contributed by atoms with Crippen LogP contribution in [-0.2, 0) is 14.8 Å². The second kappa shape index (κ2) is 9.46. The minimum absolute atomic E-state index is 0.114. The number of nitrogens with zero attached hydrogens (tertiary/aromatic N) is 3. The number of benzene rings is 2. The van der Waals surface area contributed by atoms with Gasteiger partial charge in [0, 0.05) is 43.0 Å². The van der Waals surface area contributed by atoms with Gasteiger partial charge in [-0.3, -0.25) is 9.10 Å². The van der Waals surface area contributed by atoms with Crippen LogP contribution in [0.15, 0.2) is 42.5 Å². The summed E-state index contributed by atoms with van der Waals surface area (Å²) in [5.74, 6) is 0.699. The lowest BCUT2D eigenvalue weighted by Gasteiger charge is -2.37. The van der Waals surface area contributed by atoms with Crippen molar-refractivity contribution >= 4 is 38.9 Å². The summed E-state index contributed by atoms with van der Waals surface area (Å²) in [6.07, 6.45) is 0. The molecule has 0 unspecified atom stereocenters. The lowest BCUT2D eigenvalue weighted by atomic mass is 10.2. The van der Waals surface area contributed by atoms with Crippen LogP contribution < -0.4 is 18.7 Å². The van der Waals surface area contributed by atoms with E-state index in [0.29, 0.717) is 61.6 Å². The van der Waals surface area contributed by atoms with Gasteiger partial charge in [-0.15, -0.1) is 0 Å². The zero-order valence-electron chi connectivity index (χ0n) is 17.9. The fourth-order valence-corrected chi connectivity index (χ4v) is 5.04. The first-order valence-electron chi connectivity index (χ1n) is 10.6. The number of anilines is 2. The van der Waals surface area contributed by atoms with Gasteiger partial charge in [-0.05, 0) is 37.3 Å². The highest BCUT2D eigenvalue weighted by Gasteiger charge is 2.29. The monoisotopic (exact) mass is 479 g/mol. The summed E-state index contributed by atoms with van der Waals surface area (Å²) in [5.41, 5.74) is 1.40. The number of carbonyl (C=O) groups is 1. The molecule has 0 saturated carbocycles. The molecule has 2 aliphatic heterocycles. The van der Waals surface area contributed by atoms with E-state index < -0.39 is 10.0 Å². The van der Waals surface area contributed by atoms with Crippen molar-refractivity contribution in [2.75, 3.05) is 60.9 Å². The number of ether oxygens (including phenoxy) is 2. The van der Waals surface area contributed by atoms with Crippen molar-refractivity contribution in [1.82, 2.24) is 4.90 Å². The number of piperazine rings is 1. The Morgan fingerprint density at radius 3 is 2.44 bits per heavy atom. The molecule has 2 aromatic carbocycles. The number of hydrogen-bond acceptors (Lipinski definition) is 6. The largest absolute Gasteiger partial charge is 0.486 e. The summed E-state index contributed by atoms with van der Waals surface area (Å²) in [4.78, 5) is 16.9. The number of hydrogen-bond donors (Lipinski definition) is 0. The second-order valence-electron chi connectivity index (χ2n) is 7.58. The smallest absolute Gasteiger partial charge is 0.243 e. The number of carbonyl (C=O) groups excluding carboxylic acids is 1. The minimum atomic E-state index is -3.67. The van der Waals surface area contributed by atoms with Gasteiger partial charge in [0.2, 0.25) is 15.9 Å².